The lowest BCUT2D eigenvalue weighted by atomic mass is 9.99. The fourth-order valence-electron chi connectivity index (χ4n) is 4.11. The average Bonchev–Trinajstić information content (AvgIpc) is 3.37. The Kier molecular flexibility index (Phi) is 6.50. The number of nitrogens with zero attached hydrogens (tertiary/aromatic N) is 2. The first kappa shape index (κ1) is 22.6. The smallest absolute Gasteiger partial charge is 0.414 e. The van der Waals surface area contributed by atoms with Crippen LogP contribution in [0.5, 0.6) is 5.75 Å². The SMILES string of the molecule is CNC(=O)Nc1ccc2c(c1)CC[C@@H]2C(=O)N(CC(=O)N1CCOc2ccsc2C1)C(=O)O. The summed E-state index contributed by atoms with van der Waals surface area (Å²) in [5, 5.41) is 16.7. The van der Waals surface area contributed by atoms with Crippen molar-refractivity contribution in [3.05, 3.63) is 45.6 Å². The number of urea groups is 1. The normalized spacial score (nSPS) is 16.6. The Labute approximate surface area is 194 Å². The maximum Gasteiger partial charge on any atom is 0.414 e. The van der Waals surface area contributed by atoms with E-state index >= 15 is 0 Å². The summed E-state index contributed by atoms with van der Waals surface area (Å²) in [6.07, 6.45) is -0.449. The van der Waals surface area contributed by atoms with E-state index in [9.17, 15) is 24.3 Å². The highest BCUT2D eigenvalue weighted by molar-refractivity contribution is 7.10. The van der Waals surface area contributed by atoms with Crippen molar-refractivity contribution in [2.75, 3.05) is 32.1 Å². The van der Waals surface area contributed by atoms with Gasteiger partial charge in [-0.05, 0) is 47.5 Å². The molecule has 11 heteroatoms. The molecule has 0 unspecified atom stereocenters. The summed E-state index contributed by atoms with van der Waals surface area (Å²) >= 11 is 1.46. The molecule has 0 bridgehead atoms. The third-order valence-electron chi connectivity index (χ3n) is 5.80. The van der Waals surface area contributed by atoms with Crippen molar-refractivity contribution in [2.45, 2.75) is 25.3 Å². The van der Waals surface area contributed by atoms with Crippen LogP contribution in [0, 0.1) is 0 Å². The van der Waals surface area contributed by atoms with E-state index in [0.717, 1.165) is 16.2 Å². The molecule has 0 saturated heterocycles. The molecule has 33 heavy (non-hydrogen) atoms. The molecule has 2 aromatic rings. The van der Waals surface area contributed by atoms with Gasteiger partial charge in [0.2, 0.25) is 11.8 Å². The molecule has 10 nitrogen and oxygen atoms in total. The molecule has 1 aliphatic carbocycles. The molecule has 2 aliphatic rings. The molecule has 0 spiro atoms. The van der Waals surface area contributed by atoms with Crippen LogP contribution in [0.2, 0.25) is 0 Å². The summed E-state index contributed by atoms with van der Waals surface area (Å²) in [5.74, 6) is -0.993. The second kappa shape index (κ2) is 9.49. The van der Waals surface area contributed by atoms with E-state index in [-0.39, 0.29) is 6.03 Å². The summed E-state index contributed by atoms with van der Waals surface area (Å²) in [6, 6.07) is 6.66. The Morgan fingerprint density at radius 2 is 2.09 bits per heavy atom. The van der Waals surface area contributed by atoms with Crippen LogP contribution < -0.4 is 15.4 Å². The van der Waals surface area contributed by atoms with Crippen LogP contribution in [0.1, 0.15) is 28.3 Å². The molecule has 2 heterocycles. The standard InChI is InChI=1S/C22H24N4O6S/c1-23-21(29)24-14-3-5-15-13(10-14)2-4-16(15)20(28)26(22(30)31)12-19(27)25-7-8-32-17-6-9-33-18(17)11-25/h3,5-6,9-10,16H,2,4,7-8,11-12H2,1H3,(H,30,31)(H2,23,24,29)/t16-/m0/s1. The highest BCUT2D eigenvalue weighted by Gasteiger charge is 2.36. The first-order valence-corrected chi connectivity index (χ1v) is 11.4. The number of ether oxygens (including phenoxy) is 1. The molecule has 0 fully saturated rings. The predicted octanol–water partition coefficient (Wildman–Crippen LogP) is 2.46. The van der Waals surface area contributed by atoms with Crippen molar-refractivity contribution in [2.24, 2.45) is 0 Å². The molecule has 1 aromatic carbocycles. The van der Waals surface area contributed by atoms with Crippen molar-refractivity contribution in [1.82, 2.24) is 15.1 Å². The molecule has 4 rings (SSSR count). The van der Waals surface area contributed by atoms with Crippen LogP contribution in [-0.4, -0.2) is 65.6 Å². The number of benzene rings is 1. The first-order chi connectivity index (χ1) is 15.9. The highest BCUT2D eigenvalue weighted by atomic mass is 32.1. The molecule has 1 atom stereocenters. The van der Waals surface area contributed by atoms with E-state index in [1.807, 2.05) is 11.4 Å². The van der Waals surface area contributed by atoms with Crippen molar-refractivity contribution in [1.29, 1.82) is 0 Å². The Morgan fingerprint density at radius 3 is 2.85 bits per heavy atom. The average molecular weight is 473 g/mol. The molecule has 3 N–H and O–H groups in total. The molecule has 174 valence electrons. The molecule has 0 radical (unpaired) electrons. The van der Waals surface area contributed by atoms with Crippen molar-refractivity contribution >= 4 is 41.0 Å². The van der Waals surface area contributed by atoms with Gasteiger partial charge in [-0.1, -0.05) is 6.07 Å². The van der Waals surface area contributed by atoms with Crippen molar-refractivity contribution in [3.63, 3.8) is 0 Å². The number of thiophene rings is 1. The molecular formula is C22H24N4O6S. The van der Waals surface area contributed by atoms with Gasteiger partial charge in [-0.3, -0.25) is 9.59 Å². The number of nitrogens with one attached hydrogen (secondary N) is 2. The van der Waals surface area contributed by atoms with E-state index in [4.69, 9.17) is 4.74 Å². The summed E-state index contributed by atoms with van der Waals surface area (Å²) in [6.45, 7) is 0.395. The first-order valence-electron chi connectivity index (χ1n) is 10.5. The van der Waals surface area contributed by atoms with Gasteiger partial charge in [0.15, 0.2) is 0 Å². The van der Waals surface area contributed by atoms with E-state index in [0.29, 0.717) is 48.7 Å². The number of carboxylic acid groups (broad SMARTS) is 1. The van der Waals surface area contributed by atoms with Crippen molar-refractivity contribution in [3.8, 4) is 5.75 Å². The van der Waals surface area contributed by atoms with Gasteiger partial charge in [0.25, 0.3) is 0 Å². The minimum atomic E-state index is -1.46. The van der Waals surface area contributed by atoms with E-state index in [2.05, 4.69) is 10.6 Å². The number of rotatable bonds is 4. The molecular weight excluding hydrogens is 448 g/mol. The fraction of sp³-hybridized carbons (Fsp3) is 0.364. The maximum absolute atomic E-state index is 13.2. The van der Waals surface area contributed by atoms with Crippen LogP contribution in [0.25, 0.3) is 0 Å². The number of hydrogen-bond acceptors (Lipinski definition) is 6. The number of fused-ring (bicyclic) bond motifs is 2. The number of anilines is 1. The van der Waals surface area contributed by atoms with Gasteiger partial charge in [0.1, 0.15) is 18.9 Å². The van der Waals surface area contributed by atoms with E-state index in [1.165, 1.54) is 23.3 Å². The monoisotopic (exact) mass is 472 g/mol. The zero-order valence-electron chi connectivity index (χ0n) is 18.0. The number of amides is 5. The molecule has 1 aliphatic heterocycles. The van der Waals surface area contributed by atoms with E-state index in [1.54, 1.807) is 18.2 Å². The zero-order chi connectivity index (χ0) is 23.5. The molecule has 1 aromatic heterocycles. The van der Waals surface area contributed by atoms with E-state index < -0.39 is 30.4 Å². The minimum Gasteiger partial charge on any atom is -0.491 e. The Morgan fingerprint density at radius 1 is 1.27 bits per heavy atom. The van der Waals surface area contributed by atoms with Crippen LogP contribution in [0.15, 0.2) is 29.6 Å². The quantitative estimate of drug-likeness (QED) is 0.627. The lowest BCUT2D eigenvalue weighted by Gasteiger charge is -2.25. The predicted molar refractivity (Wildman–Crippen MR) is 121 cm³/mol. The lowest BCUT2D eigenvalue weighted by Crippen LogP contribution is -2.46. The Balaban J connectivity index is 1.47. The molecule has 0 saturated carbocycles. The number of imide groups is 1. The largest absolute Gasteiger partial charge is 0.491 e. The summed E-state index contributed by atoms with van der Waals surface area (Å²) < 4.78 is 5.62. The third kappa shape index (κ3) is 4.77. The van der Waals surface area contributed by atoms with Gasteiger partial charge in [-0.2, -0.15) is 0 Å². The Bertz CT molecular complexity index is 1100. The Hall–Kier alpha value is -3.60. The van der Waals surface area contributed by atoms with Crippen molar-refractivity contribution < 1.29 is 29.0 Å². The summed E-state index contributed by atoms with van der Waals surface area (Å²) in [5.41, 5.74) is 2.17. The van der Waals surface area contributed by atoms with Gasteiger partial charge in [0.05, 0.1) is 23.9 Å². The minimum absolute atomic E-state index is 0.304. The van der Waals surface area contributed by atoms with Crippen LogP contribution >= 0.6 is 11.3 Å². The van der Waals surface area contributed by atoms with Gasteiger partial charge in [-0.15, -0.1) is 11.3 Å². The second-order valence-corrected chi connectivity index (χ2v) is 8.79. The van der Waals surface area contributed by atoms with Crippen LogP contribution in [0.4, 0.5) is 15.3 Å². The van der Waals surface area contributed by atoms with Gasteiger partial charge in [-0.25, -0.2) is 14.5 Å². The lowest BCUT2D eigenvalue weighted by molar-refractivity contribution is -0.140. The van der Waals surface area contributed by atoms with Crippen LogP contribution in [0.3, 0.4) is 0 Å². The summed E-state index contributed by atoms with van der Waals surface area (Å²) in [4.78, 5) is 52.6. The van der Waals surface area contributed by atoms with Gasteiger partial charge in [0, 0.05) is 12.7 Å². The highest BCUT2D eigenvalue weighted by Crippen LogP contribution is 2.36. The number of carbonyl (C=O) groups is 4. The van der Waals surface area contributed by atoms with Crippen LogP contribution in [-0.2, 0) is 22.6 Å². The zero-order valence-corrected chi connectivity index (χ0v) is 18.8. The summed E-state index contributed by atoms with van der Waals surface area (Å²) in [7, 11) is 1.51. The fourth-order valence-corrected chi connectivity index (χ4v) is 4.94. The van der Waals surface area contributed by atoms with Gasteiger partial charge >= 0.3 is 12.1 Å². The topological polar surface area (TPSA) is 128 Å². The molecule has 5 amide bonds. The third-order valence-corrected chi connectivity index (χ3v) is 6.69. The van der Waals surface area contributed by atoms with Gasteiger partial charge < -0.3 is 25.4 Å². The second-order valence-electron chi connectivity index (χ2n) is 7.79. The number of hydrogen-bond donors (Lipinski definition) is 3. The number of aryl methyl sites for hydroxylation is 1. The maximum atomic E-state index is 13.2. The number of carbonyl (C=O) groups excluding carboxylic acids is 3.